The average Bonchev–Trinajstić information content (AvgIpc) is 2.56. The molecule has 1 fully saturated rings. The minimum absolute atomic E-state index is 0.0593. The summed E-state index contributed by atoms with van der Waals surface area (Å²) >= 11 is 0. The second kappa shape index (κ2) is 5.25. The fraction of sp³-hybridized carbons (Fsp3) is 0.765. The lowest BCUT2D eigenvalue weighted by molar-refractivity contribution is 0.00578. The van der Waals surface area contributed by atoms with E-state index in [0.717, 1.165) is 0 Å². The van der Waals surface area contributed by atoms with E-state index in [9.17, 15) is 0 Å². The Morgan fingerprint density at radius 2 is 1.62 bits per heavy atom. The first-order chi connectivity index (χ1) is 9.49. The summed E-state index contributed by atoms with van der Waals surface area (Å²) in [6, 6.07) is 0. The van der Waals surface area contributed by atoms with Crippen LogP contribution in [0.2, 0.25) is 0 Å². The van der Waals surface area contributed by atoms with Crippen LogP contribution in [0.15, 0.2) is 23.7 Å². The number of allylic oxidation sites excluding steroid dienone is 2. The van der Waals surface area contributed by atoms with E-state index in [1.807, 2.05) is 0 Å². The first-order valence-corrected chi connectivity index (χ1v) is 7.76. The Hall–Kier alpha value is -0.575. The highest BCUT2D eigenvalue weighted by Crippen LogP contribution is 2.45. The number of hydrogen-bond acceptors (Lipinski definition) is 3. The summed E-state index contributed by atoms with van der Waals surface area (Å²) in [5, 5.41) is 0. The molecule has 3 nitrogen and oxygen atoms in total. The van der Waals surface area contributed by atoms with Crippen molar-refractivity contribution < 1.29 is 14.0 Å². The third kappa shape index (κ3) is 2.99. The summed E-state index contributed by atoms with van der Waals surface area (Å²) in [5.74, 6) is 0.238. The van der Waals surface area contributed by atoms with Crippen LogP contribution in [-0.4, -0.2) is 31.5 Å². The molecule has 2 aliphatic rings. The summed E-state index contributed by atoms with van der Waals surface area (Å²) in [5.41, 5.74) is 0.617. The van der Waals surface area contributed by atoms with E-state index >= 15 is 0 Å². The van der Waals surface area contributed by atoms with Crippen molar-refractivity contribution in [3.8, 4) is 0 Å². The molecule has 4 heteroatoms. The standard InChI is InChI=1S/C17H29BO3/c1-15(2,3)14-12(10-9-11-13(14)19-8)18-20-16(4,5)17(6,7)21-18/h9-11,13-14H,1-8H3. The molecule has 118 valence electrons. The summed E-state index contributed by atoms with van der Waals surface area (Å²) in [6.45, 7) is 15.1. The van der Waals surface area contributed by atoms with Gasteiger partial charge in [-0.05, 0) is 38.6 Å². The normalized spacial score (nSPS) is 31.4. The van der Waals surface area contributed by atoms with Gasteiger partial charge >= 0.3 is 7.12 Å². The van der Waals surface area contributed by atoms with E-state index < -0.39 is 0 Å². The van der Waals surface area contributed by atoms with Crippen LogP contribution in [0.4, 0.5) is 0 Å². The number of rotatable bonds is 2. The Morgan fingerprint density at radius 1 is 1.10 bits per heavy atom. The Balaban J connectivity index is 2.34. The maximum absolute atomic E-state index is 6.24. The minimum atomic E-state index is -0.315. The van der Waals surface area contributed by atoms with Crippen LogP contribution < -0.4 is 0 Å². The maximum Gasteiger partial charge on any atom is 0.490 e. The van der Waals surface area contributed by atoms with Gasteiger partial charge in [-0.15, -0.1) is 0 Å². The molecule has 2 rings (SSSR count). The van der Waals surface area contributed by atoms with Gasteiger partial charge in [0.1, 0.15) is 0 Å². The Morgan fingerprint density at radius 3 is 2.05 bits per heavy atom. The fourth-order valence-corrected chi connectivity index (χ4v) is 3.09. The fourth-order valence-electron chi connectivity index (χ4n) is 3.09. The third-order valence-electron chi connectivity index (χ3n) is 5.01. The molecule has 1 aliphatic heterocycles. The van der Waals surface area contributed by atoms with E-state index in [2.05, 4.69) is 66.7 Å². The van der Waals surface area contributed by atoms with Gasteiger partial charge in [0.05, 0.1) is 17.3 Å². The highest BCUT2D eigenvalue weighted by molar-refractivity contribution is 6.55. The van der Waals surface area contributed by atoms with Crippen LogP contribution in [-0.2, 0) is 14.0 Å². The molecular weight excluding hydrogens is 263 g/mol. The quantitative estimate of drug-likeness (QED) is 0.725. The van der Waals surface area contributed by atoms with Crippen LogP contribution in [0.5, 0.6) is 0 Å². The second-order valence-corrected chi connectivity index (χ2v) is 8.18. The number of methoxy groups -OCH3 is 1. The predicted octanol–water partition coefficient (Wildman–Crippen LogP) is 3.79. The SMILES string of the molecule is COC1C=CC=C(B2OC(C)(C)C(C)(C)O2)C1C(C)(C)C. The monoisotopic (exact) mass is 292 g/mol. The van der Waals surface area contributed by atoms with E-state index in [-0.39, 0.29) is 35.8 Å². The molecule has 21 heavy (non-hydrogen) atoms. The van der Waals surface area contributed by atoms with Crippen molar-refractivity contribution in [3.63, 3.8) is 0 Å². The van der Waals surface area contributed by atoms with Crippen molar-refractivity contribution in [2.75, 3.05) is 7.11 Å². The molecule has 2 atom stereocenters. The molecule has 0 amide bonds. The predicted molar refractivity (Wildman–Crippen MR) is 87.0 cm³/mol. The largest absolute Gasteiger partial charge is 0.490 e. The van der Waals surface area contributed by atoms with Crippen molar-refractivity contribution in [1.29, 1.82) is 0 Å². The molecule has 0 aromatic heterocycles. The van der Waals surface area contributed by atoms with Crippen molar-refractivity contribution >= 4 is 7.12 Å². The van der Waals surface area contributed by atoms with Gasteiger partial charge in [-0.25, -0.2) is 0 Å². The first kappa shape index (κ1) is 16.8. The number of ether oxygens (including phenoxy) is 1. The van der Waals surface area contributed by atoms with Crippen LogP contribution in [0.3, 0.4) is 0 Å². The van der Waals surface area contributed by atoms with Crippen LogP contribution in [0, 0.1) is 11.3 Å². The minimum Gasteiger partial charge on any atom is -0.400 e. The van der Waals surface area contributed by atoms with E-state index in [1.54, 1.807) is 7.11 Å². The molecular formula is C17H29BO3. The maximum atomic E-state index is 6.24. The summed E-state index contributed by atoms with van der Waals surface area (Å²) in [7, 11) is 1.46. The molecule has 1 aliphatic carbocycles. The molecule has 1 saturated heterocycles. The Kier molecular flexibility index (Phi) is 4.20. The lowest BCUT2D eigenvalue weighted by Crippen LogP contribution is -2.41. The van der Waals surface area contributed by atoms with E-state index in [4.69, 9.17) is 14.0 Å². The lowest BCUT2D eigenvalue weighted by Gasteiger charge is -2.39. The number of hydrogen-bond donors (Lipinski definition) is 0. The highest BCUT2D eigenvalue weighted by atomic mass is 16.7. The summed E-state index contributed by atoms with van der Waals surface area (Å²) in [6.07, 6.45) is 6.36. The van der Waals surface area contributed by atoms with Crippen LogP contribution in [0.25, 0.3) is 0 Å². The van der Waals surface area contributed by atoms with Crippen LogP contribution in [0.1, 0.15) is 48.5 Å². The molecule has 0 N–H and O–H groups in total. The molecule has 0 saturated carbocycles. The highest BCUT2D eigenvalue weighted by Gasteiger charge is 2.55. The van der Waals surface area contributed by atoms with E-state index in [0.29, 0.717) is 0 Å². The van der Waals surface area contributed by atoms with Gasteiger partial charge in [-0.2, -0.15) is 0 Å². The molecule has 0 radical (unpaired) electrons. The van der Waals surface area contributed by atoms with E-state index in [1.165, 1.54) is 5.47 Å². The second-order valence-electron chi connectivity index (χ2n) is 8.18. The first-order valence-electron chi connectivity index (χ1n) is 7.76. The Bertz CT molecular complexity index is 441. The van der Waals surface area contributed by atoms with Gasteiger partial charge in [-0.1, -0.05) is 39.0 Å². The topological polar surface area (TPSA) is 27.7 Å². The van der Waals surface area contributed by atoms with Gasteiger partial charge in [0.2, 0.25) is 0 Å². The molecule has 0 aromatic rings. The zero-order valence-corrected chi connectivity index (χ0v) is 14.7. The van der Waals surface area contributed by atoms with Gasteiger partial charge in [0.25, 0.3) is 0 Å². The van der Waals surface area contributed by atoms with Crippen molar-refractivity contribution in [1.82, 2.24) is 0 Å². The zero-order chi connectivity index (χ0) is 16.1. The van der Waals surface area contributed by atoms with Crippen molar-refractivity contribution in [3.05, 3.63) is 23.7 Å². The van der Waals surface area contributed by atoms with Crippen molar-refractivity contribution in [2.24, 2.45) is 11.3 Å². The zero-order valence-electron chi connectivity index (χ0n) is 14.7. The smallest absolute Gasteiger partial charge is 0.400 e. The molecule has 0 spiro atoms. The van der Waals surface area contributed by atoms with Gasteiger partial charge < -0.3 is 14.0 Å². The van der Waals surface area contributed by atoms with Crippen molar-refractivity contribution in [2.45, 2.75) is 65.8 Å². The Labute approximate surface area is 129 Å². The van der Waals surface area contributed by atoms with Gasteiger partial charge in [0.15, 0.2) is 0 Å². The third-order valence-corrected chi connectivity index (χ3v) is 5.01. The molecule has 0 aromatic carbocycles. The van der Waals surface area contributed by atoms with Gasteiger partial charge in [0, 0.05) is 13.0 Å². The average molecular weight is 292 g/mol. The summed E-state index contributed by atoms with van der Waals surface area (Å²) in [4.78, 5) is 0. The summed E-state index contributed by atoms with van der Waals surface area (Å²) < 4.78 is 18.2. The molecule has 2 unspecified atom stereocenters. The molecule has 0 bridgehead atoms. The lowest BCUT2D eigenvalue weighted by atomic mass is 9.59. The van der Waals surface area contributed by atoms with Gasteiger partial charge in [-0.3, -0.25) is 0 Å². The van der Waals surface area contributed by atoms with Crippen LogP contribution >= 0.6 is 0 Å². The molecule has 1 heterocycles.